The molecule has 0 bridgehead atoms. The minimum atomic E-state index is -4.05. The van der Waals surface area contributed by atoms with Gasteiger partial charge in [-0.1, -0.05) is 41.4 Å². The number of nitro benzene ring substituents is 1. The van der Waals surface area contributed by atoms with Crippen LogP contribution in [0, 0.1) is 10.1 Å². The average molecular weight is 494 g/mol. The van der Waals surface area contributed by atoms with Crippen LogP contribution in [0.15, 0.2) is 71.6 Å². The highest BCUT2D eigenvalue weighted by Gasteiger charge is 2.20. The van der Waals surface area contributed by atoms with Crippen LogP contribution in [0.2, 0.25) is 10.0 Å². The molecular weight excluding hydrogens is 477 g/mol. The van der Waals surface area contributed by atoms with Crippen LogP contribution in [0.4, 0.5) is 11.4 Å². The Morgan fingerprint density at radius 2 is 1.75 bits per heavy atom. The molecule has 3 aromatic carbocycles. The zero-order valence-corrected chi connectivity index (χ0v) is 18.9. The minimum absolute atomic E-state index is 0.00146. The van der Waals surface area contributed by atoms with Gasteiger partial charge in [-0.2, -0.15) is 0 Å². The summed E-state index contributed by atoms with van der Waals surface area (Å²) in [6, 6.07) is 15.4. The Hall–Kier alpha value is -3.14. The highest BCUT2D eigenvalue weighted by molar-refractivity contribution is 7.92. The Labute approximate surface area is 194 Å². The van der Waals surface area contributed by atoms with Gasteiger partial charge < -0.3 is 5.32 Å². The molecule has 0 heterocycles. The molecule has 8 nitrogen and oxygen atoms in total. The number of hydrogen-bond donors (Lipinski definition) is 2. The maximum absolute atomic E-state index is 12.7. The minimum Gasteiger partial charge on any atom is -0.346 e. The van der Waals surface area contributed by atoms with Crippen molar-refractivity contribution in [2.45, 2.75) is 17.9 Å². The van der Waals surface area contributed by atoms with Crippen LogP contribution in [0.1, 0.15) is 28.9 Å². The number of hydrogen-bond acceptors (Lipinski definition) is 5. The molecular formula is C21H17Cl2N3O5S. The molecule has 166 valence electrons. The van der Waals surface area contributed by atoms with E-state index in [0.717, 1.165) is 0 Å². The van der Waals surface area contributed by atoms with E-state index in [4.69, 9.17) is 23.2 Å². The molecule has 0 aliphatic heterocycles. The van der Waals surface area contributed by atoms with Gasteiger partial charge in [0.2, 0.25) is 0 Å². The number of carbonyl (C=O) groups is 1. The number of nitro groups is 1. The van der Waals surface area contributed by atoms with Crippen molar-refractivity contribution in [2.24, 2.45) is 0 Å². The van der Waals surface area contributed by atoms with Gasteiger partial charge in [-0.3, -0.25) is 19.6 Å². The van der Waals surface area contributed by atoms with Crippen molar-refractivity contribution in [1.29, 1.82) is 0 Å². The van der Waals surface area contributed by atoms with Gasteiger partial charge in [-0.25, -0.2) is 8.42 Å². The molecule has 1 unspecified atom stereocenters. The molecule has 3 rings (SSSR count). The lowest BCUT2D eigenvalue weighted by atomic mass is 10.1. The van der Waals surface area contributed by atoms with Gasteiger partial charge in [0, 0.05) is 28.4 Å². The third kappa shape index (κ3) is 5.56. The number of non-ortho nitro benzene ring substituents is 1. The van der Waals surface area contributed by atoms with Gasteiger partial charge in [0.15, 0.2) is 0 Å². The topological polar surface area (TPSA) is 118 Å². The highest BCUT2D eigenvalue weighted by Crippen LogP contribution is 2.27. The third-order valence-electron chi connectivity index (χ3n) is 4.49. The summed E-state index contributed by atoms with van der Waals surface area (Å²) in [6.07, 6.45) is 0. The number of sulfonamides is 1. The zero-order chi connectivity index (χ0) is 23.5. The van der Waals surface area contributed by atoms with Crippen LogP contribution in [0.5, 0.6) is 0 Å². The highest BCUT2D eigenvalue weighted by atomic mass is 35.5. The largest absolute Gasteiger partial charge is 0.346 e. The first-order chi connectivity index (χ1) is 15.1. The van der Waals surface area contributed by atoms with Crippen molar-refractivity contribution in [3.63, 3.8) is 0 Å². The smallest absolute Gasteiger partial charge is 0.269 e. The lowest BCUT2D eigenvalue weighted by Crippen LogP contribution is -2.26. The van der Waals surface area contributed by atoms with Gasteiger partial charge in [0.25, 0.3) is 21.6 Å². The van der Waals surface area contributed by atoms with Crippen molar-refractivity contribution >= 4 is 50.5 Å². The number of benzene rings is 3. The van der Waals surface area contributed by atoms with E-state index in [-0.39, 0.29) is 31.9 Å². The lowest BCUT2D eigenvalue weighted by Gasteiger charge is -2.15. The van der Waals surface area contributed by atoms with E-state index in [2.05, 4.69) is 10.0 Å². The van der Waals surface area contributed by atoms with Crippen LogP contribution in [0.25, 0.3) is 0 Å². The molecule has 0 aromatic heterocycles. The molecule has 1 amide bonds. The van der Waals surface area contributed by atoms with Gasteiger partial charge >= 0.3 is 0 Å². The summed E-state index contributed by atoms with van der Waals surface area (Å²) in [6.45, 7) is 1.69. The summed E-state index contributed by atoms with van der Waals surface area (Å²) < 4.78 is 27.8. The lowest BCUT2D eigenvalue weighted by molar-refractivity contribution is -0.384. The maximum Gasteiger partial charge on any atom is 0.269 e. The number of amides is 1. The Bertz CT molecular complexity index is 1300. The maximum atomic E-state index is 12.7. The molecule has 0 saturated carbocycles. The molecule has 3 aromatic rings. The SMILES string of the molecule is CC(NC(=O)c1cccc(NS(=O)(=O)c2cc(Cl)ccc2Cl)c1)c1cccc([N+](=O)[O-])c1. The number of anilines is 1. The number of carbonyl (C=O) groups excluding carboxylic acids is 1. The fourth-order valence-corrected chi connectivity index (χ4v) is 4.70. The summed E-state index contributed by atoms with van der Waals surface area (Å²) in [7, 11) is -4.05. The van der Waals surface area contributed by atoms with E-state index in [0.29, 0.717) is 5.56 Å². The predicted molar refractivity (Wildman–Crippen MR) is 123 cm³/mol. The first-order valence-electron chi connectivity index (χ1n) is 9.20. The molecule has 0 fully saturated rings. The molecule has 0 aliphatic carbocycles. The van der Waals surface area contributed by atoms with Crippen LogP contribution < -0.4 is 10.0 Å². The molecule has 2 N–H and O–H groups in total. The molecule has 0 aliphatic rings. The Morgan fingerprint density at radius 3 is 2.47 bits per heavy atom. The monoisotopic (exact) mass is 493 g/mol. The summed E-state index contributed by atoms with van der Waals surface area (Å²) in [5.74, 6) is -0.481. The van der Waals surface area contributed by atoms with Crippen LogP contribution in [0.3, 0.4) is 0 Å². The van der Waals surface area contributed by atoms with Crippen molar-refractivity contribution in [2.75, 3.05) is 4.72 Å². The van der Waals surface area contributed by atoms with E-state index < -0.39 is 26.9 Å². The van der Waals surface area contributed by atoms with Crippen molar-refractivity contribution in [1.82, 2.24) is 5.32 Å². The fraction of sp³-hybridized carbons (Fsp3) is 0.0952. The molecule has 11 heteroatoms. The first kappa shape index (κ1) is 23.5. The molecule has 0 spiro atoms. The van der Waals surface area contributed by atoms with Crippen molar-refractivity contribution < 1.29 is 18.1 Å². The second kappa shape index (κ2) is 9.56. The molecule has 32 heavy (non-hydrogen) atoms. The number of rotatable bonds is 7. The van der Waals surface area contributed by atoms with E-state index >= 15 is 0 Å². The van der Waals surface area contributed by atoms with Gasteiger partial charge in [0.05, 0.1) is 16.0 Å². The molecule has 0 saturated heterocycles. The van der Waals surface area contributed by atoms with Crippen LogP contribution >= 0.6 is 23.2 Å². The van der Waals surface area contributed by atoms with Crippen LogP contribution in [-0.2, 0) is 10.0 Å². The molecule has 1 atom stereocenters. The zero-order valence-electron chi connectivity index (χ0n) is 16.6. The number of halogens is 2. The number of nitrogens with zero attached hydrogens (tertiary/aromatic N) is 1. The summed E-state index contributed by atoms with van der Waals surface area (Å²) >= 11 is 11.9. The van der Waals surface area contributed by atoms with Gasteiger partial charge in [0.1, 0.15) is 4.90 Å². The van der Waals surface area contributed by atoms with Crippen LogP contribution in [-0.4, -0.2) is 19.2 Å². The van der Waals surface area contributed by atoms with Gasteiger partial charge in [-0.05, 0) is 48.9 Å². The van der Waals surface area contributed by atoms with E-state index in [1.807, 2.05) is 0 Å². The molecule has 0 radical (unpaired) electrons. The number of nitrogens with one attached hydrogen (secondary N) is 2. The second-order valence-corrected chi connectivity index (χ2v) is 9.30. The second-order valence-electron chi connectivity index (χ2n) is 6.81. The van der Waals surface area contributed by atoms with Crippen molar-refractivity contribution in [3.05, 3.63) is 98.0 Å². The predicted octanol–water partition coefficient (Wildman–Crippen LogP) is 5.19. The van der Waals surface area contributed by atoms with E-state index in [9.17, 15) is 23.3 Å². The quantitative estimate of drug-likeness (QED) is 0.346. The average Bonchev–Trinajstić information content (AvgIpc) is 2.75. The summed E-state index contributed by atoms with van der Waals surface area (Å²) in [4.78, 5) is 22.9. The normalized spacial score (nSPS) is 12.1. The van der Waals surface area contributed by atoms with Crippen molar-refractivity contribution in [3.8, 4) is 0 Å². The van der Waals surface area contributed by atoms with Gasteiger partial charge in [-0.15, -0.1) is 0 Å². The standard InChI is InChI=1S/C21H17Cl2N3O5S/c1-13(14-4-3-7-18(11-14)26(28)29)24-21(27)15-5-2-6-17(10-15)25-32(30,31)20-12-16(22)8-9-19(20)23/h2-13,25H,1H3,(H,24,27). The fourth-order valence-electron chi connectivity index (χ4n) is 2.89. The Balaban J connectivity index is 1.78. The Morgan fingerprint density at radius 1 is 1.03 bits per heavy atom. The third-order valence-corrected chi connectivity index (χ3v) is 6.59. The first-order valence-corrected chi connectivity index (χ1v) is 11.4. The van der Waals surface area contributed by atoms with E-state index in [1.165, 1.54) is 60.7 Å². The van der Waals surface area contributed by atoms with E-state index in [1.54, 1.807) is 13.0 Å². The summed E-state index contributed by atoms with van der Waals surface area (Å²) in [5, 5.41) is 13.9. The summed E-state index contributed by atoms with van der Waals surface area (Å²) in [5.41, 5.74) is 0.816. The Kier molecular flexibility index (Phi) is 7.02.